The molecule has 0 saturated heterocycles. The van der Waals surface area contributed by atoms with Gasteiger partial charge >= 0.3 is 5.97 Å². The van der Waals surface area contributed by atoms with Gasteiger partial charge in [-0.3, -0.25) is 4.79 Å². The van der Waals surface area contributed by atoms with Gasteiger partial charge in [0, 0.05) is 4.88 Å². The van der Waals surface area contributed by atoms with E-state index in [0.717, 1.165) is 10.6 Å². The summed E-state index contributed by atoms with van der Waals surface area (Å²) in [6.45, 7) is 1.97. The summed E-state index contributed by atoms with van der Waals surface area (Å²) >= 11 is 1.55. The van der Waals surface area contributed by atoms with Gasteiger partial charge in [-0.1, -0.05) is 6.07 Å². The monoisotopic (exact) mass is 356 g/mol. The lowest BCUT2D eigenvalue weighted by atomic mass is 10.2. The molecule has 0 aliphatic carbocycles. The van der Waals surface area contributed by atoms with Crippen LogP contribution >= 0.6 is 11.3 Å². The average Bonchev–Trinajstić information content (AvgIpc) is 3.33. The molecular weight excluding hydrogens is 340 g/mol. The van der Waals surface area contributed by atoms with Crippen LogP contribution in [0.1, 0.15) is 22.2 Å². The van der Waals surface area contributed by atoms with Crippen LogP contribution in [0.5, 0.6) is 0 Å². The molecule has 128 valence electrons. The van der Waals surface area contributed by atoms with E-state index in [1.54, 1.807) is 53.5 Å². The fraction of sp³-hybridized carbons (Fsp3) is 0.176. The molecule has 0 aliphatic heterocycles. The van der Waals surface area contributed by atoms with Crippen molar-refractivity contribution in [2.45, 2.75) is 19.6 Å². The molecule has 1 N–H and O–H groups in total. The minimum absolute atomic E-state index is 0.332. The zero-order chi connectivity index (χ0) is 17.6. The molecule has 0 aliphatic rings. The number of carbonyl (C=O) groups excluding carboxylic acids is 2. The number of hydrogen-bond acceptors (Lipinski definition) is 6. The maximum atomic E-state index is 12.2. The smallest absolute Gasteiger partial charge is 0.338 e. The fourth-order valence-corrected chi connectivity index (χ4v) is 2.75. The summed E-state index contributed by atoms with van der Waals surface area (Å²) in [5.74, 6) is -0.884. The molecule has 2 aromatic heterocycles. The van der Waals surface area contributed by atoms with E-state index in [2.05, 4.69) is 15.4 Å². The third-order valence-corrected chi connectivity index (χ3v) is 4.33. The standard InChI is InChI=1S/C17H16N4O3S/c1-12(16(22)19-9-15-3-2-8-25-15)24-17(23)13-4-6-14(7-5-13)21-11-18-10-20-21/h2-8,10-12H,9H2,1H3,(H,19,22). The number of thiophene rings is 1. The number of rotatable bonds is 6. The van der Waals surface area contributed by atoms with E-state index >= 15 is 0 Å². The van der Waals surface area contributed by atoms with Gasteiger partial charge in [0.05, 0.1) is 17.8 Å². The summed E-state index contributed by atoms with van der Waals surface area (Å²) in [6, 6.07) is 10.5. The third-order valence-electron chi connectivity index (χ3n) is 3.46. The van der Waals surface area contributed by atoms with Gasteiger partial charge in [0.2, 0.25) is 0 Å². The molecule has 1 amide bonds. The topological polar surface area (TPSA) is 86.1 Å². The molecule has 0 bridgehead atoms. The van der Waals surface area contributed by atoms with E-state index in [4.69, 9.17) is 4.74 Å². The molecule has 1 atom stereocenters. The summed E-state index contributed by atoms with van der Waals surface area (Å²) in [5.41, 5.74) is 1.14. The Morgan fingerprint density at radius 2 is 2.08 bits per heavy atom. The lowest BCUT2D eigenvalue weighted by Crippen LogP contribution is -2.35. The van der Waals surface area contributed by atoms with Gasteiger partial charge in [-0.25, -0.2) is 14.5 Å². The van der Waals surface area contributed by atoms with Crippen molar-refractivity contribution in [3.05, 3.63) is 64.9 Å². The van der Waals surface area contributed by atoms with Crippen molar-refractivity contribution in [2.75, 3.05) is 0 Å². The summed E-state index contributed by atoms with van der Waals surface area (Å²) in [4.78, 5) is 29.1. The number of esters is 1. The first-order valence-corrected chi connectivity index (χ1v) is 8.47. The van der Waals surface area contributed by atoms with Gasteiger partial charge in [0.25, 0.3) is 5.91 Å². The van der Waals surface area contributed by atoms with Gasteiger partial charge in [0.15, 0.2) is 6.10 Å². The lowest BCUT2D eigenvalue weighted by Gasteiger charge is -2.13. The molecule has 1 unspecified atom stereocenters. The van der Waals surface area contributed by atoms with Crippen molar-refractivity contribution in [3.63, 3.8) is 0 Å². The van der Waals surface area contributed by atoms with Crippen LogP contribution in [0.15, 0.2) is 54.4 Å². The molecule has 3 aromatic rings. The predicted molar refractivity (Wildman–Crippen MR) is 92.4 cm³/mol. The van der Waals surface area contributed by atoms with Crippen molar-refractivity contribution in [3.8, 4) is 5.69 Å². The van der Waals surface area contributed by atoms with E-state index in [1.807, 2.05) is 17.5 Å². The summed E-state index contributed by atoms with van der Waals surface area (Å²) in [5, 5.41) is 8.69. The van der Waals surface area contributed by atoms with Crippen molar-refractivity contribution in [2.24, 2.45) is 0 Å². The number of benzene rings is 1. The maximum Gasteiger partial charge on any atom is 0.338 e. The van der Waals surface area contributed by atoms with Gasteiger partial charge < -0.3 is 10.1 Å². The first kappa shape index (κ1) is 16.8. The number of hydrogen-bond donors (Lipinski definition) is 1. The molecule has 0 fully saturated rings. The second kappa shape index (κ2) is 7.71. The molecule has 25 heavy (non-hydrogen) atoms. The Morgan fingerprint density at radius 1 is 1.28 bits per heavy atom. The molecule has 3 rings (SSSR count). The Balaban J connectivity index is 1.54. The summed E-state index contributed by atoms with van der Waals surface area (Å²) in [7, 11) is 0. The quantitative estimate of drug-likeness (QED) is 0.684. The lowest BCUT2D eigenvalue weighted by molar-refractivity contribution is -0.129. The highest BCUT2D eigenvalue weighted by Crippen LogP contribution is 2.11. The largest absolute Gasteiger partial charge is 0.449 e. The Bertz CT molecular complexity index is 829. The van der Waals surface area contributed by atoms with Gasteiger partial charge in [0.1, 0.15) is 12.7 Å². The Labute approximate surface area is 148 Å². The van der Waals surface area contributed by atoms with Gasteiger partial charge in [-0.05, 0) is 42.6 Å². The second-order valence-electron chi connectivity index (χ2n) is 5.23. The van der Waals surface area contributed by atoms with Crippen LogP contribution in [-0.2, 0) is 16.1 Å². The second-order valence-corrected chi connectivity index (χ2v) is 6.26. The zero-order valence-corrected chi connectivity index (χ0v) is 14.3. The first-order valence-electron chi connectivity index (χ1n) is 7.59. The molecule has 2 heterocycles. The number of nitrogens with one attached hydrogen (secondary N) is 1. The van der Waals surface area contributed by atoms with Crippen LogP contribution in [0.4, 0.5) is 0 Å². The SMILES string of the molecule is CC(OC(=O)c1ccc(-n2cncn2)cc1)C(=O)NCc1cccs1. The minimum atomic E-state index is -0.873. The van der Waals surface area contributed by atoms with Crippen LogP contribution in [0.2, 0.25) is 0 Å². The van der Waals surface area contributed by atoms with E-state index in [1.165, 1.54) is 6.33 Å². The maximum absolute atomic E-state index is 12.2. The number of carbonyl (C=O) groups is 2. The molecule has 0 saturated carbocycles. The van der Waals surface area contributed by atoms with Crippen LogP contribution in [0, 0.1) is 0 Å². The highest BCUT2D eigenvalue weighted by atomic mass is 32.1. The Kier molecular flexibility index (Phi) is 5.20. The van der Waals surface area contributed by atoms with Crippen LogP contribution in [0.25, 0.3) is 5.69 Å². The normalized spacial score (nSPS) is 11.7. The highest BCUT2D eigenvalue weighted by Gasteiger charge is 2.18. The first-order chi connectivity index (χ1) is 12.1. The molecule has 7 nitrogen and oxygen atoms in total. The van der Waals surface area contributed by atoms with Gasteiger partial charge in [-0.15, -0.1) is 11.3 Å². The van der Waals surface area contributed by atoms with Crippen LogP contribution in [0.3, 0.4) is 0 Å². The number of amides is 1. The summed E-state index contributed by atoms with van der Waals surface area (Å²) in [6.07, 6.45) is 2.12. The number of nitrogens with zero attached hydrogens (tertiary/aromatic N) is 3. The number of aromatic nitrogens is 3. The predicted octanol–water partition coefficient (Wildman–Crippen LogP) is 2.19. The van der Waals surface area contributed by atoms with Crippen molar-refractivity contribution in [1.29, 1.82) is 0 Å². The Hall–Kier alpha value is -3.00. The van der Waals surface area contributed by atoms with E-state index < -0.39 is 12.1 Å². The van der Waals surface area contributed by atoms with Crippen LogP contribution < -0.4 is 5.32 Å². The average molecular weight is 356 g/mol. The Morgan fingerprint density at radius 3 is 2.72 bits per heavy atom. The molecule has 0 spiro atoms. The minimum Gasteiger partial charge on any atom is -0.449 e. The van der Waals surface area contributed by atoms with Crippen LogP contribution in [-0.4, -0.2) is 32.7 Å². The number of ether oxygens (including phenoxy) is 1. The molecule has 1 aromatic carbocycles. The van der Waals surface area contributed by atoms with Crippen molar-refractivity contribution in [1.82, 2.24) is 20.1 Å². The van der Waals surface area contributed by atoms with E-state index in [0.29, 0.717) is 12.1 Å². The molecule has 0 radical (unpaired) electrons. The molecular formula is C17H16N4O3S. The van der Waals surface area contributed by atoms with Crippen molar-refractivity contribution >= 4 is 23.2 Å². The third kappa shape index (κ3) is 4.30. The highest BCUT2D eigenvalue weighted by molar-refractivity contribution is 7.09. The zero-order valence-electron chi connectivity index (χ0n) is 13.5. The van der Waals surface area contributed by atoms with Gasteiger partial charge in [-0.2, -0.15) is 5.10 Å². The fourth-order valence-electron chi connectivity index (χ4n) is 2.11. The summed E-state index contributed by atoms with van der Waals surface area (Å²) < 4.78 is 6.80. The van der Waals surface area contributed by atoms with E-state index in [-0.39, 0.29) is 5.91 Å². The molecule has 8 heteroatoms. The van der Waals surface area contributed by atoms with Crippen molar-refractivity contribution < 1.29 is 14.3 Å². The van der Waals surface area contributed by atoms with E-state index in [9.17, 15) is 9.59 Å².